The van der Waals surface area contributed by atoms with Crippen molar-refractivity contribution in [1.29, 1.82) is 0 Å². The lowest BCUT2D eigenvalue weighted by molar-refractivity contribution is 0.224. The maximum Gasteiger partial charge on any atom is 0.119 e. The quantitative estimate of drug-likeness (QED) is 0.156. The van der Waals surface area contributed by atoms with Gasteiger partial charge in [-0.05, 0) is 131 Å². The van der Waals surface area contributed by atoms with Gasteiger partial charge in [0.15, 0.2) is 0 Å². The molecule has 6 rings (SSSR count). The van der Waals surface area contributed by atoms with E-state index in [0.717, 1.165) is 64.0 Å². The molecule has 0 aliphatic carbocycles. The molecule has 2 heterocycles. The summed E-state index contributed by atoms with van der Waals surface area (Å²) in [7, 11) is 1.74. The van der Waals surface area contributed by atoms with Gasteiger partial charge < -0.3 is 15.0 Å². The molecule has 4 aromatic rings. The summed E-state index contributed by atoms with van der Waals surface area (Å²) < 4.78 is 5.52. The van der Waals surface area contributed by atoms with Gasteiger partial charge in [-0.3, -0.25) is 4.90 Å². The van der Waals surface area contributed by atoms with Gasteiger partial charge in [-0.1, -0.05) is 87.5 Å². The van der Waals surface area contributed by atoms with Crippen molar-refractivity contribution in [2.24, 2.45) is 0 Å². The van der Waals surface area contributed by atoms with Crippen LogP contribution in [0.5, 0.6) is 5.75 Å². The molecular formula is C45H53N3O. The minimum absolute atomic E-state index is 0.183. The minimum Gasteiger partial charge on any atom is -0.497 e. The van der Waals surface area contributed by atoms with Crippen LogP contribution in [0.1, 0.15) is 72.5 Å². The van der Waals surface area contributed by atoms with Crippen molar-refractivity contribution in [3.8, 4) is 16.9 Å². The number of likely N-dealkylation sites (tertiary alicyclic amines) is 1. The first kappa shape index (κ1) is 34.3. The molecule has 4 aromatic carbocycles. The van der Waals surface area contributed by atoms with Gasteiger partial charge in [-0.2, -0.15) is 0 Å². The van der Waals surface area contributed by atoms with Crippen molar-refractivity contribution < 1.29 is 4.74 Å². The number of methoxy groups -OCH3 is 1. The fourth-order valence-corrected chi connectivity index (χ4v) is 7.56. The van der Waals surface area contributed by atoms with Crippen LogP contribution in [0.3, 0.4) is 0 Å². The van der Waals surface area contributed by atoms with Crippen molar-refractivity contribution in [2.75, 3.05) is 31.6 Å². The molecular weight excluding hydrogens is 599 g/mol. The fraction of sp³-hybridized carbons (Fsp3) is 0.333. The lowest BCUT2D eigenvalue weighted by atomic mass is 9.92. The summed E-state index contributed by atoms with van der Waals surface area (Å²) in [6.07, 6.45) is 14.3. The number of nitrogens with zero attached hydrogens (tertiary/aromatic N) is 2. The lowest BCUT2D eigenvalue weighted by Crippen LogP contribution is -2.45. The van der Waals surface area contributed by atoms with Gasteiger partial charge in [-0.15, -0.1) is 0 Å². The van der Waals surface area contributed by atoms with Gasteiger partial charge in [0.25, 0.3) is 0 Å². The van der Waals surface area contributed by atoms with Crippen LogP contribution in [0.15, 0.2) is 115 Å². The van der Waals surface area contributed by atoms with Crippen LogP contribution in [0.25, 0.3) is 17.2 Å². The molecule has 49 heavy (non-hydrogen) atoms. The van der Waals surface area contributed by atoms with Crippen LogP contribution in [-0.2, 0) is 19.4 Å². The third-order valence-corrected chi connectivity index (χ3v) is 10.3. The van der Waals surface area contributed by atoms with Gasteiger partial charge >= 0.3 is 0 Å². The van der Waals surface area contributed by atoms with Crippen LogP contribution in [0.2, 0.25) is 0 Å². The molecule has 0 aromatic heterocycles. The Balaban J connectivity index is 1.18. The molecule has 0 saturated carbocycles. The molecule has 1 N–H and O–H groups in total. The summed E-state index contributed by atoms with van der Waals surface area (Å²) in [5.41, 5.74) is 13.3. The largest absolute Gasteiger partial charge is 0.497 e. The van der Waals surface area contributed by atoms with E-state index in [9.17, 15) is 0 Å². The first-order chi connectivity index (χ1) is 24.0. The Hall–Kier alpha value is -4.54. The van der Waals surface area contributed by atoms with Crippen LogP contribution in [0.4, 0.5) is 5.69 Å². The van der Waals surface area contributed by atoms with E-state index in [-0.39, 0.29) is 6.04 Å². The number of nitrogens with one attached hydrogen (secondary N) is 1. The van der Waals surface area contributed by atoms with E-state index in [1.165, 1.54) is 55.8 Å². The molecule has 0 amide bonds. The molecule has 1 saturated heterocycles. The van der Waals surface area contributed by atoms with Crippen molar-refractivity contribution in [3.63, 3.8) is 0 Å². The highest BCUT2D eigenvalue weighted by Gasteiger charge is 2.26. The summed E-state index contributed by atoms with van der Waals surface area (Å²) in [6, 6.07) is 32.1. The van der Waals surface area contributed by atoms with E-state index in [4.69, 9.17) is 4.74 Å². The topological polar surface area (TPSA) is 27.7 Å². The second kappa shape index (κ2) is 16.2. The predicted molar refractivity (Wildman–Crippen MR) is 208 cm³/mol. The maximum atomic E-state index is 5.52. The Labute approximate surface area is 294 Å². The molecule has 0 radical (unpaired) electrons. The Morgan fingerprint density at radius 3 is 2.43 bits per heavy atom. The number of anilines is 1. The number of dihydropyridines is 1. The first-order valence-electron chi connectivity index (χ1n) is 18.2. The Morgan fingerprint density at radius 1 is 0.918 bits per heavy atom. The number of benzene rings is 4. The van der Waals surface area contributed by atoms with Gasteiger partial charge in [0.2, 0.25) is 0 Å². The van der Waals surface area contributed by atoms with E-state index in [1.807, 2.05) is 6.08 Å². The summed E-state index contributed by atoms with van der Waals surface area (Å²) >= 11 is 0. The Bertz CT molecular complexity index is 1780. The summed E-state index contributed by atoms with van der Waals surface area (Å²) in [4.78, 5) is 5.27. The smallest absolute Gasteiger partial charge is 0.119 e. The highest BCUT2D eigenvalue weighted by atomic mass is 16.5. The third-order valence-electron chi connectivity index (χ3n) is 10.3. The molecule has 4 nitrogen and oxygen atoms in total. The monoisotopic (exact) mass is 651 g/mol. The van der Waals surface area contributed by atoms with Crippen molar-refractivity contribution in [1.82, 2.24) is 10.2 Å². The first-order valence-corrected chi connectivity index (χ1v) is 18.2. The lowest BCUT2D eigenvalue weighted by Gasteiger charge is -2.40. The van der Waals surface area contributed by atoms with E-state index >= 15 is 0 Å². The molecule has 254 valence electrons. The number of hydrogen-bond donors (Lipinski definition) is 1. The van der Waals surface area contributed by atoms with Gasteiger partial charge in [0, 0.05) is 37.9 Å². The maximum absolute atomic E-state index is 5.52. The Morgan fingerprint density at radius 2 is 1.71 bits per heavy atom. The molecule has 0 bridgehead atoms. The normalized spacial score (nSPS) is 16.6. The zero-order valence-electron chi connectivity index (χ0n) is 29.9. The molecule has 1 atom stereocenters. The molecule has 2 aliphatic rings. The van der Waals surface area contributed by atoms with Crippen LogP contribution >= 0.6 is 0 Å². The number of piperidine rings is 1. The highest BCUT2D eigenvalue weighted by molar-refractivity contribution is 5.71. The fourth-order valence-electron chi connectivity index (χ4n) is 7.56. The second-order valence-electron chi connectivity index (χ2n) is 13.7. The van der Waals surface area contributed by atoms with Crippen LogP contribution in [-0.4, -0.2) is 37.7 Å². The average molecular weight is 652 g/mol. The molecule has 4 heteroatoms. The van der Waals surface area contributed by atoms with E-state index in [2.05, 4.69) is 146 Å². The predicted octanol–water partition coefficient (Wildman–Crippen LogP) is 10.1. The molecule has 2 aliphatic heterocycles. The standard InChI is InChI=1S/C45H53N3O/c1-6-11-35-26-34(7-2)27-39(28-35)45-30-37(20-23-46-45)31-47-24-21-41(22-25-47)48(40-16-18-42(49-5)19-17-40)32-36-14-15-38(8-3)44(29-36)43-13-10-9-12-33(43)4/h7,9-10,12-20,23,26-30,41,45-46H,2,6,8,11,21-22,24-25,31-32H2,1,3-5H3. The van der Waals surface area contributed by atoms with Gasteiger partial charge in [0.05, 0.1) is 13.2 Å². The van der Waals surface area contributed by atoms with Crippen LogP contribution < -0.4 is 15.0 Å². The summed E-state index contributed by atoms with van der Waals surface area (Å²) in [5.74, 6) is 0.895. The molecule has 1 unspecified atom stereocenters. The molecule has 1 fully saturated rings. The van der Waals surface area contributed by atoms with E-state index in [1.54, 1.807) is 7.11 Å². The van der Waals surface area contributed by atoms with Crippen LogP contribution in [0, 0.1) is 6.92 Å². The third kappa shape index (κ3) is 8.37. The zero-order chi connectivity index (χ0) is 34.2. The summed E-state index contributed by atoms with van der Waals surface area (Å²) in [6.45, 7) is 14.8. The number of hydrogen-bond acceptors (Lipinski definition) is 4. The number of ether oxygens (including phenoxy) is 1. The summed E-state index contributed by atoms with van der Waals surface area (Å²) in [5, 5.41) is 3.59. The minimum atomic E-state index is 0.183. The van der Waals surface area contributed by atoms with E-state index in [0.29, 0.717) is 6.04 Å². The van der Waals surface area contributed by atoms with Crippen molar-refractivity contribution in [2.45, 2.75) is 71.5 Å². The molecule has 0 spiro atoms. The van der Waals surface area contributed by atoms with Crippen molar-refractivity contribution in [3.05, 3.63) is 149 Å². The zero-order valence-corrected chi connectivity index (χ0v) is 29.9. The highest BCUT2D eigenvalue weighted by Crippen LogP contribution is 2.32. The van der Waals surface area contributed by atoms with E-state index < -0.39 is 0 Å². The average Bonchev–Trinajstić information content (AvgIpc) is 3.14. The van der Waals surface area contributed by atoms with Crippen molar-refractivity contribution >= 4 is 11.8 Å². The second-order valence-corrected chi connectivity index (χ2v) is 13.7. The Kier molecular flexibility index (Phi) is 11.4. The van der Waals surface area contributed by atoms with Gasteiger partial charge in [0.1, 0.15) is 5.75 Å². The van der Waals surface area contributed by atoms with Gasteiger partial charge in [-0.25, -0.2) is 0 Å². The number of rotatable bonds is 13. The SMILES string of the molecule is C=Cc1cc(CCC)cc(C2C=C(CN3CCC(N(Cc4ccc(CC)c(-c5ccccc5C)c4)c4ccc(OC)cc4)CC3)C=CN2)c1. The number of aryl methyl sites for hydroxylation is 3.